The summed E-state index contributed by atoms with van der Waals surface area (Å²) in [7, 11) is 0. The smallest absolute Gasteiger partial charge is 0.262 e. The SMILES string of the molecule is CCCn1c(SCC(=O)N2C[C@@H](C)O[C@@H](C)C2)nc2cc(Cl)ccc2c1=O. The van der Waals surface area contributed by atoms with Crippen molar-refractivity contribution < 1.29 is 9.53 Å². The number of fused-ring (bicyclic) bond motifs is 1. The molecule has 1 aliphatic heterocycles. The van der Waals surface area contributed by atoms with Crippen molar-refractivity contribution in [2.75, 3.05) is 18.8 Å². The highest BCUT2D eigenvalue weighted by atomic mass is 35.5. The molecule has 146 valence electrons. The number of rotatable bonds is 5. The highest BCUT2D eigenvalue weighted by Crippen LogP contribution is 2.22. The van der Waals surface area contributed by atoms with E-state index in [1.54, 1.807) is 22.8 Å². The van der Waals surface area contributed by atoms with E-state index in [1.807, 2.05) is 25.7 Å². The highest BCUT2D eigenvalue weighted by molar-refractivity contribution is 7.99. The molecule has 6 nitrogen and oxygen atoms in total. The third-order valence-electron chi connectivity index (χ3n) is 4.43. The number of halogens is 1. The third-order valence-corrected chi connectivity index (χ3v) is 5.62. The molecular formula is C19H24ClN3O3S. The molecule has 1 saturated heterocycles. The number of morpholine rings is 1. The molecule has 1 aromatic heterocycles. The summed E-state index contributed by atoms with van der Waals surface area (Å²) >= 11 is 7.36. The summed E-state index contributed by atoms with van der Waals surface area (Å²) in [5.74, 6) is 0.271. The Bertz CT molecular complexity index is 892. The van der Waals surface area contributed by atoms with Gasteiger partial charge in [-0.3, -0.25) is 14.2 Å². The lowest BCUT2D eigenvalue weighted by molar-refractivity contribution is -0.140. The first-order chi connectivity index (χ1) is 12.9. The van der Waals surface area contributed by atoms with Crippen molar-refractivity contribution in [3.05, 3.63) is 33.6 Å². The molecule has 0 bridgehead atoms. The minimum absolute atomic E-state index is 0.0295. The predicted octanol–water partition coefficient (Wildman–Crippen LogP) is 3.19. The summed E-state index contributed by atoms with van der Waals surface area (Å²) in [5.41, 5.74) is 0.463. The Kier molecular flexibility index (Phi) is 6.44. The average molecular weight is 410 g/mol. The second-order valence-electron chi connectivity index (χ2n) is 6.86. The van der Waals surface area contributed by atoms with E-state index in [2.05, 4.69) is 4.98 Å². The zero-order chi connectivity index (χ0) is 19.6. The normalized spacial score (nSPS) is 20.2. The molecule has 2 heterocycles. The lowest BCUT2D eigenvalue weighted by Gasteiger charge is -2.35. The van der Waals surface area contributed by atoms with Gasteiger partial charge in [-0.2, -0.15) is 0 Å². The van der Waals surface area contributed by atoms with Gasteiger partial charge in [0.25, 0.3) is 5.56 Å². The molecule has 0 aliphatic carbocycles. The maximum atomic E-state index is 12.8. The second kappa shape index (κ2) is 8.63. The number of benzene rings is 1. The third kappa shape index (κ3) is 4.65. The molecule has 27 heavy (non-hydrogen) atoms. The van der Waals surface area contributed by atoms with Gasteiger partial charge in [-0.15, -0.1) is 0 Å². The second-order valence-corrected chi connectivity index (χ2v) is 8.24. The number of hydrogen-bond acceptors (Lipinski definition) is 5. The van der Waals surface area contributed by atoms with E-state index in [9.17, 15) is 9.59 Å². The van der Waals surface area contributed by atoms with Crippen molar-refractivity contribution in [1.82, 2.24) is 14.5 Å². The number of nitrogens with zero attached hydrogens (tertiary/aromatic N) is 3. The van der Waals surface area contributed by atoms with Gasteiger partial charge >= 0.3 is 0 Å². The monoisotopic (exact) mass is 409 g/mol. The molecule has 1 aliphatic rings. The molecule has 8 heteroatoms. The van der Waals surface area contributed by atoms with E-state index in [0.29, 0.717) is 40.7 Å². The fourth-order valence-electron chi connectivity index (χ4n) is 3.30. The fourth-order valence-corrected chi connectivity index (χ4v) is 4.40. The van der Waals surface area contributed by atoms with Crippen LogP contribution in [0.4, 0.5) is 0 Å². The van der Waals surface area contributed by atoms with Crippen LogP contribution in [0.1, 0.15) is 27.2 Å². The largest absolute Gasteiger partial charge is 0.372 e. The van der Waals surface area contributed by atoms with Gasteiger partial charge in [0, 0.05) is 24.7 Å². The van der Waals surface area contributed by atoms with Crippen LogP contribution in [0.25, 0.3) is 10.9 Å². The van der Waals surface area contributed by atoms with Crippen molar-refractivity contribution in [2.45, 2.75) is 51.1 Å². The topological polar surface area (TPSA) is 64.4 Å². The van der Waals surface area contributed by atoms with Gasteiger partial charge in [-0.1, -0.05) is 30.3 Å². The number of carbonyl (C=O) groups is 1. The van der Waals surface area contributed by atoms with E-state index in [0.717, 1.165) is 6.42 Å². The van der Waals surface area contributed by atoms with Gasteiger partial charge in [0.15, 0.2) is 5.16 Å². The van der Waals surface area contributed by atoms with Gasteiger partial charge in [-0.25, -0.2) is 4.98 Å². The van der Waals surface area contributed by atoms with Crippen LogP contribution in [0.15, 0.2) is 28.2 Å². The molecule has 1 aromatic carbocycles. The molecule has 1 amide bonds. The highest BCUT2D eigenvalue weighted by Gasteiger charge is 2.26. The number of ether oxygens (including phenoxy) is 1. The first-order valence-electron chi connectivity index (χ1n) is 9.15. The minimum Gasteiger partial charge on any atom is -0.372 e. The lowest BCUT2D eigenvalue weighted by atomic mass is 10.2. The molecule has 0 N–H and O–H groups in total. The zero-order valence-corrected chi connectivity index (χ0v) is 17.3. The van der Waals surface area contributed by atoms with Crippen LogP contribution in [0.3, 0.4) is 0 Å². The standard InChI is InChI=1S/C19H24ClN3O3S/c1-4-7-23-18(25)15-6-5-14(20)8-16(15)21-19(23)27-11-17(24)22-9-12(2)26-13(3)10-22/h5-6,8,12-13H,4,7,9-11H2,1-3H3/t12-,13+. The Labute approximate surface area is 167 Å². The Morgan fingerprint density at radius 1 is 1.33 bits per heavy atom. The summed E-state index contributed by atoms with van der Waals surface area (Å²) in [5, 5.41) is 1.63. The van der Waals surface area contributed by atoms with Crippen molar-refractivity contribution in [1.29, 1.82) is 0 Å². The van der Waals surface area contributed by atoms with E-state index in [4.69, 9.17) is 16.3 Å². The molecule has 1 fully saturated rings. The number of amides is 1. The molecule has 2 atom stereocenters. The number of thioether (sulfide) groups is 1. The van der Waals surface area contributed by atoms with Crippen LogP contribution >= 0.6 is 23.4 Å². The molecule has 2 aromatic rings. The van der Waals surface area contributed by atoms with Gasteiger partial charge < -0.3 is 9.64 Å². The first-order valence-corrected chi connectivity index (χ1v) is 10.5. The van der Waals surface area contributed by atoms with E-state index < -0.39 is 0 Å². The Balaban J connectivity index is 1.84. The van der Waals surface area contributed by atoms with Crippen LogP contribution < -0.4 is 5.56 Å². The summed E-state index contributed by atoms with van der Waals surface area (Å²) in [4.78, 5) is 31.9. The van der Waals surface area contributed by atoms with Crippen molar-refractivity contribution in [2.24, 2.45) is 0 Å². The Morgan fingerprint density at radius 2 is 2.04 bits per heavy atom. The van der Waals surface area contributed by atoms with E-state index in [-0.39, 0.29) is 29.4 Å². The fraction of sp³-hybridized carbons (Fsp3) is 0.526. The van der Waals surface area contributed by atoms with Gasteiger partial charge in [0.1, 0.15) is 0 Å². The maximum absolute atomic E-state index is 12.8. The minimum atomic E-state index is -0.0953. The molecule has 3 rings (SSSR count). The Morgan fingerprint density at radius 3 is 2.70 bits per heavy atom. The van der Waals surface area contributed by atoms with Gasteiger partial charge in [0.05, 0.1) is 28.9 Å². The first kappa shape index (κ1) is 20.2. The van der Waals surface area contributed by atoms with Crippen molar-refractivity contribution in [3.63, 3.8) is 0 Å². The molecule has 0 radical (unpaired) electrons. The summed E-state index contributed by atoms with van der Waals surface area (Å²) < 4.78 is 7.34. The molecule has 0 unspecified atom stereocenters. The summed E-state index contributed by atoms with van der Waals surface area (Å²) in [6, 6.07) is 5.08. The van der Waals surface area contributed by atoms with Gasteiger partial charge in [0.2, 0.25) is 5.91 Å². The Hall–Kier alpha value is -1.57. The average Bonchev–Trinajstić information content (AvgIpc) is 2.61. The maximum Gasteiger partial charge on any atom is 0.262 e. The summed E-state index contributed by atoms with van der Waals surface area (Å²) in [6.45, 7) is 7.69. The van der Waals surface area contributed by atoms with Crippen LogP contribution in [0.5, 0.6) is 0 Å². The van der Waals surface area contributed by atoms with Crippen LogP contribution in [0, 0.1) is 0 Å². The zero-order valence-electron chi connectivity index (χ0n) is 15.8. The summed E-state index contributed by atoms with van der Waals surface area (Å²) in [6.07, 6.45) is 0.865. The predicted molar refractivity (Wildman–Crippen MR) is 109 cm³/mol. The van der Waals surface area contributed by atoms with E-state index in [1.165, 1.54) is 11.8 Å². The van der Waals surface area contributed by atoms with Crippen LogP contribution in [-0.2, 0) is 16.1 Å². The van der Waals surface area contributed by atoms with Crippen molar-refractivity contribution in [3.8, 4) is 0 Å². The molecule has 0 saturated carbocycles. The number of carbonyl (C=O) groups excluding carboxylic acids is 1. The molecular weight excluding hydrogens is 386 g/mol. The van der Waals surface area contributed by atoms with E-state index >= 15 is 0 Å². The van der Waals surface area contributed by atoms with Crippen LogP contribution in [-0.4, -0.2) is 51.4 Å². The quantitative estimate of drug-likeness (QED) is 0.560. The number of hydrogen-bond donors (Lipinski definition) is 0. The lowest BCUT2D eigenvalue weighted by Crippen LogP contribution is -2.48. The molecule has 0 spiro atoms. The van der Waals surface area contributed by atoms with Crippen LogP contribution in [0.2, 0.25) is 5.02 Å². The number of aromatic nitrogens is 2. The van der Waals surface area contributed by atoms with Crippen molar-refractivity contribution >= 4 is 40.2 Å². The van der Waals surface area contributed by atoms with Gasteiger partial charge in [-0.05, 0) is 38.5 Å².